The van der Waals surface area contributed by atoms with Gasteiger partial charge in [0.05, 0.1) is 0 Å². The van der Waals surface area contributed by atoms with E-state index in [2.05, 4.69) is 41.5 Å². The molecule has 0 saturated heterocycles. The summed E-state index contributed by atoms with van der Waals surface area (Å²) in [6.45, 7) is 21.7. The van der Waals surface area contributed by atoms with E-state index in [1.54, 1.807) is 0 Å². The average Bonchev–Trinajstić information content (AvgIpc) is 2.27. The fourth-order valence-electron chi connectivity index (χ4n) is 3.67. The molecule has 2 unspecified atom stereocenters. The summed E-state index contributed by atoms with van der Waals surface area (Å²) in [4.78, 5) is 0. The molecule has 122 valence electrons. The molecule has 3 nitrogen and oxygen atoms in total. The zero-order valence-electron chi connectivity index (χ0n) is 15.1. The van der Waals surface area contributed by atoms with Crippen molar-refractivity contribution in [2.24, 2.45) is 17.3 Å². The van der Waals surface area contributed by atoms with Gasteiger partial charge in [-0.1, -0.05) is 41.5 Å². The van der Waals surface area contributed by atoms with Gasteiger partial charge in [0.15, 0.2) is 0 Å². The molecule has 0 saturated carbocycles. The predicted molar refractivity (Wildman–Crippen MR) is 87.8 cm³/mol. The molecule has 0 spiro atoms. The molecular formula is C16H36O3Si. The van der Waals surface area contributed by atoms with E-state index in [9.17, 15) is 0 Å². The Morgan fingerprint density at radius 3 is 1.35 bits per heavy atom. The zero-order valence-corrected chi connectivity index (χ0v) is 16.1. The van der Waals surface area contributed by atoms with Gasteiger partial charge >= 0.3 is 8.80 Å². The largest absolute Gasteiger partial charge is 0.504 e. The third-order valence-corrected chi connectivity index (χ3v) is 7.40. The van der Waals surface area contributed by atoms with Crippen LogP contribution in [0.3, 0.4) is 0 Å². The van der Waals surface area contributed by atoms with E-state index < -0.39 is 8.80 Å². The smallest absolute Gasteiger partial charge is 0.374 e. The van der Waals surface area contributed by atoms with Crippen LogP contribution >= 0.6 is 0 Å². The highest BCUT2D eigenvalue weighted by Crippen LogP contribution is 2.46. The lowest BCUT2D eigenvalue weighted by Gasteiger charge is -2.44. The van der Waals surface area contributed by atoms with Gasteiger partial charge in [-0.15, -0.1) is 0 Å². The van der Waals surface area contributed by atoms with Crippen LogP contribution in [0.1, 0.15) is 62.3 Å². The van der Waals surface area contributed by atoms with Crippen LogP contribution in [0.5, 0.6) is 0 Å². The molecule has 0 aliphatic carbocycles. The van der Waals surface area contributed by atoms with E-state index in [0.29, 0.717) is 37.2 Å². The van der Waals surface area contributed by atoms with Gasteiger partial charge in [0.25, 0.3) is 0 Å². The van der Waals surface area contributed by atoms with Crippen molar-refractivity contribution in [3.63, 3.8) is 0 Å². The highest BCUT2D eigenvalue weighted by molar-refractivity contribution is 6.62. The Morgan fingerprint density at radius 1 is 0.800 bits per heavy atom. The second-order valence-corrected chi connectivity index (χ2v) is 9.81. The van der Waals surface area contributed by atoms with Crippen molar-refractivity contribution in [1.29, 1.82) is 0 Å². The quantitative estimate of drug-likeness (QED) is 0.576. The Kier molecular flexibility index (Phi) is 8.56. The summed E-state index contributed by atoms with van der Waals surface area (Å²) in [5, 5.41) is 0. The van der Waals surface area contributed by atoms with E-state index in [4.69, 9.17) is 13.3 Å². The van der Waals surface area contributed by atoms with Crippen molar-refractivity contribution in [2.45, 2.75) is 67.9 Å². The first kappa shape index (κ1) is 20.1. The van der Waals surface area contributed by atoms with Crippen LogP contribution < -0.4 is 0 Å². The molecule has 0 heterocycles. The lowest BCUT2D eigenvalue weighted by Crippen LogP contribution is -2.54. The second-order valence-electron chi connectivity index (χ2n) is 6.83. The van der Waals surface area contributed by atoms with E-state index in [1.165, 1.54) is 0 Å². The number of hydrogen-bond donors (Lipinski definition) is 0. The maximum absolute atomic E-state index is 6.09. The SMILES string of the molecule is CCO[Si](OCC)(OCC)C(C)C(C(C)C)C(C)(C)C. The van der Waals surface area contributed by atoms with Gasteiger partial charge in [-0.25, -0.2) is 0 Å². The summed E-state index contributed by atoms with van der Waals surface area (Å²) in [7, 11) is -2.63. The van der Waals surface area contributed by atoms with E-state index in [-0.39, 0.29) is 5.41 Å². The van der Waals surface area contributed by atoms with Crippen LogP contribution in [-0.2, 0) is 13.3 Å². The van der Waals surface area contributed by atoms with Crippen molar-refractivity contribution in [2.75, 3.05) is 19.8 Å². The second kappa shape index (κ2) is 8.52. The topological polar surface area (TPSA) is 27.7 Å². The van der Waals surface area contributed by atoms with Crippen LogP contribution in [0, 0.1) is 17.3 Å². The number of rotatable bonds is 9. The molecule has 0 aliphatic rings. The first-order valence-electron chi connectivity index (χ1n) is 8.08. The first-order chi connectivity index (χ1) is 9.16. The summed E-state index contributed by atoms with van der Waals surface area (Å²) >= 11 is 0. The van der Waals surface area contributed by atoms with E-state index >= 15 is 0 Å². The minimum Gasteiger partial charge on any atom is -0.374 e. The lowest BCUT2D eigenvalue weighted by molar-refractivity contribution is 0.0367. The summed E-state index contributed by atoms with van der Waals surface area (Å²) in [6, 6.07) is 0. The molecule has 0 N–H and O–H groups in total. The van der Waals surface area contributed by atoms with Crippen LogP contribution in [0.25, 0.3) is 0 Å². The Balaban J connectivity index is 5.50. The summed E-state index contributed by atoms with van der Waals surface area (Å²) < 4.78 is 18.3. The summed E-state index contributed by atoms with van der Waals surface area (Å²) in [5.74, 6) is 1.07. The molecule has 0 rings (SSSR count). The highest BCUT2D eigenvalue weighted by atomic mass is 28.4. The molecule has 0 aromatic carbocycles. The highest BCUT2D eigenvalue weighted by Gasteiger charge is 2.52. The molecule has 0 aromatic rings. The lowest BCUT2D eigenvalue weighted by atomic mass is 9.72. The molecule has 20 heavy (non-hydrogen) atoms. The molecule has 0 bridgehead atoms. The summed E-state index contributed by atoms with van der Waals surface area (Å²) in [6.07, 6.45) is 0. The van der Waals surface area contributed by atoms with Gasteiger partial charge in [0.2, 0.25) is 0 Å². The van der Waals surface area contributed by atoms with Gasteiger partial charge < -0.3 is 13.3 Å². The first-order valence-corrected chi connectivity index (χ1v) is 9.88. The maximum Gasteiger partial charge on any atom is 0.504 e. The molecule has 2 atom stereocenters. The van der Waals surface area contributed by atoms with Crippen molar-refractivity contribution >= 4 is 8.80 Å². The third-order valence-electron chi connectivity index (χ3n) is 3.85. The minimum absolute atomic E-state index is 0.205. The minimum atomic E-state index is -2.63. The third kappa shape index (κ3) is 5.13. The van der Waals surface area contributed by atoms with Crippen molar-refractivity contribution in [3.8, 4) is 0 Å². The van der Waals surface area contributed by atoms with Crippen LogP contribution in [-0.4, -0.2) is 28.6 Å². The van der Waals surface area contributed by atoms with Crippen molar-refractivity contribution < 1.29 is 13.3 Å². The molecule has 0 amide bonds. The van der Waals surface area contributed by atoms with Crippen molar-refractivity contribution in [1.82, 2.24) is 0 Å². The standard InChI is InChI=1S/C16H36O3Si/c1-10-17-20(18-11-2,19-12-3)14(6)15(13(4)5)16(7,8)9/h13-15H,10-12H2,1-9H3. The maximum atomic E-state index is 6.09. The number of hydrogen-bond acceptors (Lipinski definition) is 3. The Hall–Kier alpha value is 0.0969. The molecule has 0 radical (unpaired) electrons. The van der Waals surface area contributed by atoms with Gasteiger partial charge in [-0.05, 0) is 38.0 Å². The zero-order chi connectivity index (χ0) is 16.0. The summed E-state index contributed by atoms with van der Waals surface area (Å²) in [5.41, 5.74) is 0.499. The van der Waals surface area contributed by atoms with E-state index in [1.807, 2.05) is 20.8 Å². The Morgan fingerprint density at radius 2 is 1.15 bits per heavy atom. The molecule has 0 fully saturated rings. The van der Waals surface area contributed by atoms with Gasteiger partial charge in [-0.3, -0.25) is 0 Å². The fourth-order valence-corrected chi connectivity index (χ4v) is 7.24. The Bertz CT molecular complexity index is 244. The molecule has 4 heteroatoms. The average molecular weight is 305 g/mol. The van der Waals surface area contributed by atoms with Gasteiger partial charge in [0, 0.05) is 25.4 Å². The van der Waals surface area contributed by atoms with Crippen LogP contribution in [0.4, 0.5) is 0 Å². The normalized spacial score (nSPS) is 16.5. The monoisotopic (exact) mass is 304 g/mol. The van der Waals surface area contributed by atoms with Gasteiger partial charge in [0.1, 0.15) is 0 Å². The van der Waals surface area contributed by atoms with E-state index in [0.717, 1.165) is 0 Å². The van der Waals surface area contributed by atoms with Gasteiger partial charge in [-0.2, -0.15) is 0 Å². The van der Waals surface area contributed by atoms with Crippen LogP contribution in [0.15, 0.2) is 0 Å². The molecule has 0 aromatic heterocycles. The van der Waals surface area contributed by atoms with Crippen molar-refractivity contribution in [3.05, 3.63) is 0 Å². The van der Waals surface area contributed by atoms with Crippen LogP contribution in [0.2, 0.25) is 5.54 Å². The molecular weight excluding hydrogens is 268 g/mol. The molecule has 0 aliphatic heterocycles. The fraction of sp³-hybridized carbons (Fsp3) is 1.00. The Labute approximate surface area is 127 Å². The predicted octanol–water partition coefficient (Wildman–Crippen LogP) is 4.74.